The Labute approximate surface area is 189 Å². The Morgan fingerprint density at radius 2 is 1.81 bits per heavy atom. The zero-order chi connectivity index (χ0) is 23.1. The largest absolute Gasteiger partial charge is 0.416 e. The molecule has 0 aromatic heterocycles. The number of hydrogen-bond acceptors (Lipinski definition) is 3. The number of benzene rings is 2. The Kier molecular flexibility index (Phi) is 6.15. The molecule has 0 spiro atoms. The van der Waals surface area contributed by atoms with E-state index in [1.165, 1.54) is 24.3 Å². The van der Waals surface area contributed by atoms with Crippen LogP contribution in [0.2, 0.25) is 5.02 Å². The van der Waals surface area contributed by atoms with E-state index >= 15 is 0 Å². The molecular formula is C22H22ClF3N2O3S. The molecule has 2 bridgehead atoms. The second kappa shape index (κ2) is 8.59. The lowest BCUT2D eigenvalue weighted by Gasteiger charge is -2.28. The van der Waals surface area contributed by atoms with Crippen LogP contribution in [0.15, 0.2) is 53.4 Å². The van der Waals surface area contributed by atoms with Crippen LogP contribution < -0.4 is 9.62 Å². The van der Waals surface area contributed by atoms with E-state index < -0.39 is 39.9 Å². The number of halogens is 4. The number of alkyl halides is 3. The Bertz CT molecular complexity index is 1110. The fraction of sp³-hybridized carbons (Fsp3) is 0.409. The number of amides is 1. The summed E-state index contributed by atoms with van der Waals surface area (Å²) >= 11 is 6.13. The van der Waals surface area contributed by atoms with Gasteiger partial charge in [-0.1, -0.05) is 36.2 Å². The second-order valence-corrected chi connectivity index (χ2v) is 10.6. The third kappa shape index (κ3) is 4.59. The molecule has 0 unspecified atom stereocenters. The van der Waals surface area contributed by atoms with Gasteiger partial charge >= 0.3 is 6.18 Å². The van der Waals surface area contributed by atoms with Crippen LogP contribution >= 0.6 is 11.6 Å². The molecule has 32 heavy (non-hydrogen) atoms. The van der Waals surface area contributed by atoms with E-state index in [1.807, 2.05) is 0 Å². The van der Waals surface area contributed by atoms with Gasteiger partial charge in [-0.3, -0.25) is 9.10 Å². The number of carbonyl (C=O) groups is 1. The van der Waals surface area contributed by atoms with Crippen LogP contribution in [0.25, 0.3) is 0 Å². The van der Waals surface area contributed by atoms with E-state index in [-0.39, 0.29) is 16.0 Å². The molecule has 172 valence electrons. The summed E-state index contributed by atoms with van der Waals surface area (Å²) in [4.78, 5) is 12.7. The van der Waals surface area contributed by atoms with Gasteiger partial charge in [-0.2, -0.15) is 13.2 Å². The highest BCUT2D eigenvalue weighted by Gasteiger charge is 2.41. The lowest BCUT2D eigenvalue weighted by Crippen LogP contribution is -2.46. The summed E-state index contributed by atoms with van der Waals surface area (Å²) < 4.78 is 67.3. The molecule has 2 aliphatic carbocycles. The molecule has 1 N–H and O–H groups in total. The third-order valence-corrected chi connectivity index (χ3v) is 8.34. The van der Waals surface area contributed by atoms with Gasteiger partial charge in [0.1, 0.15) is 6.54 Å². The number of anilines is 1. The number of rotatable bonds is 6. The maximum absolute atomic E-state index is 13.4. The van der Waals surface area contributed by atoms with Gasteiger partial charge in [0.05, 0.1) is 21.2 Å². The molecule has 2 aromatic rings. The van der Waals surface area contributed by atoms with Gasteiger partial charge in [0, 0.05) is 6.04 Å². The first-order valence-electron chi connectivity index (χ1n) is 10.3. The molecule has 5 nitrogen and oxygen atoms in total. The molecule has 1 amide bonds. The maximum atomic E-state index is 13.4. The number of sulfonamides is 1. The van der Waals surface area contributed by atoms with Crippen molar-refractivity contribution in [3.8, 4) is 0 Å². The minimum atomic E-state index is -4.70. The van der Waals surface area contributed by atoms with Crippen LogP contribution in [0.3, 0.4) is 0 Å². The Balaban J connectivity index is 1.68. The smallest absolute Gasteiger partial charge is 0.352 e. The fourth-order valence-corrected chi connectivity index (χ4v) is 6.43. The summed E-state index contributed by atoms with van der Waals surface area (Å²) in [6, 6.07) is 9.61. The van der Waals surface area contributed by atoms with Crippen molar-refractivity contribution >= 4 is 33.2 Å². The number of hydrogen-bond donors (Lipinski definition) is 1. The van der Waals surface area contributed by atoms with Gasteiger partial charge in [0.25, 0.3) is 10.0 Å². The SMILES string of the molecule is O=C(CN(c1cc(C(F)(F)F)ccc1Cl)S(=O)(=O)c1ccccc1)N[C@@H]1C[C@H]2CC[C@H]1C2. The highest BCUT2D eigenvalue weighted by molar-refractivity contribution is 7.92. The van der Waals surface area contributed by atoms with Gasteiger partial charge in [-0.25, -0.2) is 8.42 Å². The van der Waals surface area contributed by atoms with E-state index in [1.54, 1.807) is 6.07 Å². The van der Waals surface area contributed by atoms with Crippen LogP contribution in [-0.4, -0.2) is 26.9 Å². The van der Waals surface area contributed by atoms with E-state index in [0.717, 1.165) is 37.8 Å². The van der Waals surface area contributed by atoms with Crippen molar-refractivity contribution in [1.29, 1.82) is 0 Å². The lowest BCUT2D eigenvalue weighted by atomic mass is 9.95. The van der Waals surface area contributed by atoms with Crippen molar-refractivity contribution in [3.63, 3.8) is 0 Å². The summed E-state index contributed by atoms with van der Waals surface area (Å²) in [5, 5.41) is 2.68. The molecule has 0 heterocycles. The molecule has 2 aliphatic rings. The standard InChI is InChI=1S/C22H22ClF3N2O3S/c23-18-9-8-16(22(24,25)26)12-20(18)28(32(30,31)17-4-2-1-3-5-17)13-21(29)27-19-11-14-6-7-15(19)10-14/h1-5,8-9,12,14-15,19H,6-7,10-11,13H2,(H,27,29)/t14-,15-,19+/m0/s1. The highest BCUT2D eigenvalue weighted by Crippen LogP contribution is 2.44. The van der Waals surface area contributed by atoms with Crippen LogP contribution in [0, 0.1) is 11.8 Å². The molecular weight excluding hydrogens is 465 g/mol. The van der Waals surface area contributed by atoms with E-state index in [4.69, 9.17) is 11.6 Å². The predicted octanol–water partition coefficient (Wildman–Crippen LogP) is 4.86. The average Bonchev–Trinajstić information content (AvgIpc) is 3.35. The summed E-state index contributed by atoms with van der Waals surface area (Å²) in [5.41, 5.74) is -1.45. The monoisotopic (exact) mass is 486 g/mol. The highest BCUT2D eigenvalue weighted by atomic mass is 35.5. The molecule has 4 rings (SSSR count). The molecule has 10 heteroatoms. The normalized spacial score (nSPS) is 22.7. The van der Waals surface area contributed by atoms with Crippen molar-refractivity contribution in [2.75, 3.05) is 10.8 Å². The van der Waals surface area contributed by atoms with E-state index in [2.05, 4.69) is 5.32 Å². The summed E-state index contributed by atoms with van der Waals surface area (Å²) in [6.07, 6.45) is -0.679. The Morgan fingerprint density at radius 1 is 1.09 bits per heavy atom. The molecule has 0 radical (unpaired) electrons. The van der Waals surface area contributed by atoms with Crippen molar-refractivity contribution < 1.29 is 26.4 Å². The van der Waals surface area contributed by atoms with Gasteiger partial charge in [0.15, 0.2) is 0 Å². The zero-order valence-electron chi connectivity index (χ0n) is 17.0. The number of fused-ring (bicyclic) bond motifs is 2. The van der Waals surface area contributed by atoms with Crippen molar-refractivity contribution in [2.45, 2.75) is 42.8 Å². The second-order valence-electron chi connectivity index (χ2n) is 8.34. The van der Waals surface area contributed by atoms with Crippen molar-refractivity contribution in [1.82, 2.24) is 5.32 Å². The van der Waals surface area contributed by atoms with Gasteiger partial charge in [-0.05, 0) is 61.4 Å². The first-order chi connectivity index (χ1) is 15.1. The zero-order valence-corrected chi connectivity index (χ0v) is 18.6. The quantitative estimate of drug-likeness (QED) is 0.634. The van der Waals surface area contributed by atoms with Gasteiger partial charge < -0.3 is 5.32 Å². The molecule has 3 atom stereocenters. The summed E-state index contributed by atoms with van der Waals surface area (Å²) in [5.74, 6) is 0.350. The molecule has 2 aromatic carbocycles. The van der Waals surface area contributed by atoms with Gasteiger partial charge in [-0.15, -0.1) is 0 Å². The molecule has 2 fully saturated rings. The van der Waals surface area contributed by atoms with Crippen LogP contribution in [0.5, 0.6) is 0 Å². The average molecular weight is 487 g/mol. The minimum Gasteiger partial charge on any atom is -0.352 e. The fourth-order valence-electron chi connectivity index (χ4n) is 4.70. The number of nitrogens with zero attached hydrogens (tertiary/aromatic N) is 1. The van der Waals surface area contributed by atoms with E-state index in [0.29, 0.717) is 22.2 Å². The lowest BCUT2D eigenvalue weighted by molar-refractivity contribution is -0.137. The summed E-state index contributed by atoms with van der Waals surface area (Å²) in [6.45, 7) is -0.674. The number of nitrogens with one attached hydrogen (secondary N) is 1. The van der Waals surface area contributed by atoms with Gasteiger partial charge in [0.2, 0.25) is 5.91 Å². The Morgan fingerprint density at radius 3 is 2.41 bits per heavy atom. The molecule has 0 aliphatic heterocycles. The third-order valence-electron chi connectivity index (χ3n) is 6.25. The van der Waals surface area contributed by atoms with Crippen molar-refractivity contribution in [2.24, 2.45) is 11.8 Å². The maximum Gasteiger partial charge on any atom is 0.416 e. The van der Waals surface area contributed by atoms with Crippen LogP contribution in [0.4, 0.5) is 18.9 Å². The van der Waals surface area contributed by atoms with Crippen LogP contribution in [-0.2, 0) is 21.0 Å². The van der Waals surface area contributed by atoms with Crippen LogP contribution in [0.1, 0.15) is 31.2 Å². The van der Waals surface area contributed by atoms with E-state index in [9.17, 15) is 26.4 Å². The first kappa shape index (κ1) is 22.9. The van der Waals surface area contributed by atoms with Crippen molar-refractivity contribution in [3.05, 3.63) is 59.1 Å². The molecule has 2 saturated carbocycles. The minimum absolute atomic E-state index is 0.0421. The summed E-state index contributed by atoms with van der Waals surface area (Å²) in [7, 11) is -4.36. The first-order valence-corrected chi connectivity index (χ1v) is 12.1. The topological polar surface area (TPSA) is 66.5 Å². The molecule has 0 saturated heterocycles. The Hall–Kier alpha value is -2.26. The number of carbonyl (C=O) groups excluding carboxylic acids is 1. The predicted molar refractivity (Wildman–Crippen MR) is 115 cm³/mol.